The van der Waals surface area contributed by atoms with Crippen molar-refractivity contribution in [2.24, 2.45) is 4.99 Å². The van der Waals surface area contributed by atoms with Gasteiger partial charge in [-0.05, 0) is 19.1 Å². The van der Waals surface area contributed by atoms with Crippen molar-refractivity contribution in [3.05, 3.63) is 78.4 Å². The molecule has 0 fully saturated rings. The highest BCUT2D eigenvalue weighted by Crippen LogP contribution is 2.39. The second kappa shape index (κ2) is 7.69. The third kappa shape index (κ3) is 3.75. The summed E-state index contributed by atoms with van der Waals surface area (Å²) in [7, 11) is -4.73. The van der Waals surface area contributed by atoms with Crippen LogP contribution in [0.15, 0.2) is 77.1 Å². The topological polar surface area (TPSA) is 78.8 Å². The number of nitrogens with one attached hydrogen (secondary N) is 1. The van der Waals surface area contributed by atoms with Crippen LogP contribution < -0.4 is 4.72 Å². The molecule has 3 rings (SSSR count). The molecule has 1 atom stereocenters. The Labute approximate surface area is 171 Å². The van der Waals surface area contributed by atoms with Gasteiger partial charge in [-0.25, -0.2) is 13.4 Å². The van der Waals surface area contributed by atoms with Crippen molar-refractivity contribution in [1.29, 1.82) is 0 Å². The lowest BCUT2D eigenvalue weighted by molar-refractivity contribution is -0.194. The maximum atomic E-state index is 14.2. The number of alkyl halides is 3. The monoisotopic (exact) mass is 437 g/mol. The van der Waals surface area contributed by atoms with Crippen LogP contribution in [0.2, 0.25) is 0 Å². The maximum absolute atomic E-state index is 14.2. The molecule has 0 unspecified atom stereocenters. The first-order chi connectivity index (χ1) is 14.0. The fourth-order valence-corrected chi connectivity index (χ4v) is 4.19. The van der Waals surface area contributed by atoms with Gasteiger partial charge in [0.05, 0.1) is 4.90 Å². The van der Waals surface area contributed by atoms with E-state index in [0.29, 0.717) is 0 Å². The van der Waals surface area contributed by atoms with Gasteiger partial charge in [-0.3, -0.25) is 9.69 Å². The van der Waals surface area contributed by atoms with E-state index in [1.165, 1.54) is 35.1 Å². The van der Waals surface area contributed by atoms with Crippen molar-refractivity contribution >= 4 is 21.8 Å². The largest absolute Gasteiger partial charge is 0.437 e. The second-order valence-corrected chi connectivity index (χ2v) is 8.31. The zero-order valence-corrected chi connectivity index (χ0v) is 16.7. The summed E-state index contributed by atoms with van der Waals surface area (Å²) in [5.41, 5.74) is -2.74. The van der Waals surface area contributed by atoms with Gasteiger partial charge in [-0.2, -0.15) is 17.9 Å². The molecule has 1 aliphatic heterocycles. The van der Waals surface area contributed by atoms with Crippen LogP contribution in [0.4, 0.5) is 13.2 Å². The van der Waals surface area contributed by atoms with E-state index in [1.54, 1.807) is 25.1 Å². The normalized spacial score (nSPS) is 19.7. The van der Waals surface area contributed by atoms with Gasteiger partial charge >= 0.3 is 11.8 Å². The summed E-state index contributed by atoms with van der Waals surface area (Å²) >= 11 is 0. The summed E-state index contributed by atoms with van der Waals surface area (Å²) < 4.78 is 69.5. The first-order valence-electron chi connectivity index (χ1n) is 8.77. The van der Waals surface area contributed by atoms with E-state index >= 15 is 0 Å². The molecule has 1 aliphatic rings. The Morgan fingerprint density at radius 2 is 1.73 bits per heavy atom. The highest BCUT2D eigenvalue weighted by atomic mass is 32.2. The van der Waals surface area contributed by atoms with Crippen molar-refractivity contribution < 1.29 is 26.4 Å². The Kier molecular flexibility index (Phi) is 5.57. The Bertz CT molecular complexity index is 1100. The van der Waals surface area contributed by atoms with Gasteiger partial charge in [-0.1, -0.05) is 54.1 Å². The van der Waals surface area contributed by atoms with E-state index in [4.69, 9.17) is 0 Å². The number of carbonyl (C=O) groups is 1. The Morgan fingerprint density at radius 1 is 1.13 bits per heavy atom. The first kappa shape index (κ1) is 21.7. The van der Waals surface area contributed by atoms with Gasteiger partial charge < -0.3 is 0 Å². The number of hydrogen-bond donors (Lipinski definition) is 1. The minimum atomic E-state index is -5.34. The average Bonchev–Trinajstić information content (AvgIpc) is 2.96. The number of aryl methyl sites for hydroxylation is 1. The third-order valence-corrected chi connectivity index (χ3v) is 5.91. The Hall–Kier alpha value is -2.98. The number of hydrogen-bond acceptors (Lipinski definition) is 4. The summed E-state index contributed by atoms with van der Waals surface area (Å²) in [5, 5.41) is 0. The van der Waals surface area contributed by atoms with Crippen LogP contribution in [0, 0.1) is 6.92 Å². The Morgan fingerprint density at radius 3 is 2.27 bits per heavy atom. The van der Waals surface area contributed by atoms with Crippen molar-refractivity contribution in [3.8, 4) is 0 Å². The first-order valence-corrected chi connectivity index (χ1v) is 10.3. The van der Waals surface area contributed by atoms with Crippen LogP contribution in [-0.4, -0.2) is 43.4 Å². The molecule has 0 aliphatic carbocycles. The van der Waals surface area contributed by atoms with Gasteiger partial charge in [0.2, 0.25) is 10.0 Å². The number of amides is 1. The molecule has 30 heavy (non-hydrogen) atoms. The predicted molar refractivity (Wildman–Crippen MR) is 105 cm³/mol. The number of halogens is 3. The van der Waals surface area contributed by atoms with Gasteiger partial charge in [0.25, 0.3) is 5.91 Å². The SMILES string of the molecule is C=CCN1C(=O)[C@](NS(=O)(=O)c2ccc(C)cc2)(C(F)(F)F)N=C1c1ccccc1. The smallest absolute Gasteiger partial charge is 0.289 e. The molecule has 10 heteroatoms. The highest BCUT2D eigenvalue weighted by molar-refractivity contribution is 7.89. The summed E-state index contributed by atoms with van der Waals surface area (Å²) in [6, 6.07) is 12.9. The number of nitrogens with zero attached hydrogens (tertiary/aromatic N) is 2. The minimum absolute atomic E-state index is 0.230. The van der Waals surface area contributed by atoms with Gasteiger partial charge in [-0.15, -0.1) is 6.58 Å². The number of benzene rings is 2. The van der Waals surface area contributed by atoms with Crippen molar-refractivity contribution in [3.63, 3.8) is 0 Å². The molecule has 0 radical (unpaired) electrons. The molecule has 1 amide bonds. The second-order valence-electron chi connectivity index (χ2n) is 6.63. The molecule has 158 valence electrons. The van der Waals surface area contributed by atoms with E-state index < -0.39 is 32.7 Å². The lowest BCUT2D eigenvalue weighted by Crippen LogP contribution is -2.63. The highest BCUT2D eigenvalue weighted by Gasteiger charge is 2.67. The molecule has 2 aromatic carbocycles. The zero-order chi connectivity index (χ0) is 22.2. The van der Waals surface area contributed by atoms with Crippen LogP contribution in [0.3, 0.4) is 0 Å². The number of sulfonamides is 1. The van der Waals surface area contributed by atoms with Crippen LogP contribution in [0.1, 0.15) is 11.1 Å². The van der Waals surface area contributed by atoms with Gasteiger partial charge in [0, 0.05) is 12.1 Å². The average molecular weight is 437 g/mol. The lowest BCUT2D eigenvalue weighted by atomic mass is 10.1. The molecule has 1 N–H and O–H groups in total. The molecule has 6 nitrogen and oxygen atoms in total. The number of rotatable bonds is 6. The van der Waals surface area contributed by atoms with Crippen LogP contribution in [0.5, 0.6) is 0 Å². The lowest BCUT2D eigenvalue weighted by Gasteiger charge is -2.28. The number of carbonyl (C=O) groups excluding carboxylic acids is 1. The molecule has 0 spiro atoms. The quantitative estimate of drug-likeness (QED) is 0.706. The third-order valence-electron chi connectivity index (χ3n) is 4.45. The standard InChI is InChI=1S/C20H18F3N3O3S/c1-3-13-26-17(15-7-5-4-6-8-15)24-19(18(26)27,20(21,22)23)25-30(28,29)16-11-9-14(2)10-12-16/h3-12,25H,1,13H2,2H3/t19-/m0/s1. The maximum Gasteiger partial charge on any atom is 0.437 e. The van der Waals surface area contributed by atoms with Gasteiger partial charge in [0.15, 0.2) is 0 Å². The Balaban J connectivity index is 2.17. The van der Waals surface area contributed by atoms with Crippen LogP contribution in [0.25, 0.3) is 0 Å². The van der Waals surface area contributed by atoms with Crippen molar-refractivity contribution in [2.45, 2.75) is 23.7 Å². The minimum Gasteiger partial charge on any atom is -0.289 e. The molecule has 1 heterocycles. The van der Waals surface area contributed by atoms with E-state index in [-0.39, 0.29) is 17.9 Å². The number of aliphatic imine (C=N–C) groups is 1. The fourth-order valence-electron chi connectivity index (χ4n) is 2.94. The fraction of sp³-hybridized carbons (Fsp3) is 0.200. The summed E-state index contributed by atoms with van der Waals surface area (Å²) in [6.07, 6.45) is -4.10. The molecule has 0 bridgehead atoms. The van der Waals surface area contributed by atoms with E-state index in [1.807, 2.05) is 0 Å². The summed E-state index contributed by atoms with van der Waals surface area (Å²) in [4.78, 5) is 16.9. The van der Waals surface area contributed by atoms with E-state index in [2.05, 4.69) is 11.6 Å². The van der Waals surface area contributed by atoms with Crippen molar-refractivity contribution in [1.82, 2.24) is 9.62 Å². The number of amidine groups is 1. The van der Waals surface area contributed by atoms with Crippen LogP contribution in [-0.2, 0) is 14.8 Å². The van der Waals surface area contributed by atoms with E-state index in [9.17, 15) is 26.4 Å². The van der Waals surface area contributed by atoms with Gasteiger partial charge in [0.1, 0.15) is 5.84 Å². The van der Waals surface area contributed by atoms with E-state index in [0.717, 1.165) is 22.6 Å². The zero-order valence-electron chi connectivity index (χ0n) is 15.8. The molecule has 2 aromatic rings. The van der Waals surface area contributed by atoms with Crippen molar-refractivity contribution in [2.75, 3.05) is 6.54 Å². The molecule has 0 saturated heterocycles. The van der Waals surface area contributed by atoms with Crippen LogP contribution >= 0.6 is 0 Å². The summed E-state index contributed by atoms with van der Waals surface area (Å²) in [6.45, 7) is 4.88. The predicted octanol–water partition coefficient (Wildman–Crippen LogP) is 3.01. The molecule has 0 saturated carbocycles. The summed E-state index contributed by atoms with van der Waals surface area (Å²) in [5.74, 6) is -1.85. The molecular weight excluding hydrogens is 419 g/mol. The molecular formula is C20H18F3N3O3S. The molecule has 0 aromatic heterocycles.